The molecule has 3 rings (SSSR count). The molecule has 1 heterocycles. The van der Waals surface area contributed by atoms with Crippen molar-refractivity contribution in [2.24, 2.45) is 12.0 Å². The molecule has 1 saturated carbocycles. The van der Waals surface area contributed by atoms with Crippen molar-refractivity contribution in [3.8, 4) is 5.75 Å². The SMILES string of the molecule is COc1ccc(CN=C(NCc2nnc(C)n2C)NC2CCCC2)cc1Cl. The van der Waals surface area contributed by atoms with Crippen LogP contribution in [0.3, 0.4) is 0 Å². The van der Waals surface area contributed by atoms with Crippen molar-refractivity contribution in [2.45, 2.75) is 51.7 Å². The average molecular weight is 391 g/mol. The topological polar surface area (TPSA) is 76.4 Å². The number of guanidine groups is 1. The molecule has 7 nitrogen and oxygen atoms in total. The Morgan fingerprint density at radius 3 is 2.74 bits per heavy atom. The van der Waals surface area contributed by atoms with Crippen LogP contribution in [0, 0.1) is 6.92 Å². The first kappa shape index (κ1) is 19.5. The van der Waals surface area contributed by atoms with E-state index in [1.165, 1.54) is 25.7 Å². The molecule has 0 bridgehead atoms. The summed E-state index contributed by atoms with van der Waals surface area (Å²) in [5.41, 5.74) is 1.03. The molecule has 1 aliphatic carbocycles. The van der Waals surface area contributed by atoms with Crippen LogP contribution in [0.5, 0.6) is 5.75 Å². The minimum Gasteiger partial charge on any atom is -0.495 e. The highest BCUT2D eigenvalue weighted by molar-refractivity contribution is 6.32. The molecule has 8 heteroatoms. The van der Waals surface area contributed by atoms with Crippen molar-refractivity contribution >= 4 is 17.6 Å². The predicted molar refractivity (Wildman–Crippen MR) is 107 cm³/mol. The van der Waals surface area contributed by atoms with Gasteiger partial charge in [-0.2, -0.15) is 0 Å². The lowest BCUT2D eigenvalue weighted by molar-refractivity contribution is 0.415. The van der Waals surface area contributed by atoms with Gasteiger partial charge in [0, 0.05) is 13.1 Å². The summed E-state index contributed by atoms with van der Waals surface area (Å²) < 4.78 is 7.18. The van der Waals surface area contributed by atoms with E-state index >= 15 is 0 Å². The fraction of sp³-hybridized carbons (Fsp3) is 0.526. The van der Waals surface area contributed by atoms with E-state index in [9.17, 15) is 0 Å². The Kier molecular flexibility index (Phi) is 6.55. The lowest BCUT2D eigenvalue weighted by atomic mass is 10.2. The zero-order chi connectivity index (χ0) is 19.2. The van der Waals surface area contributed by atoms with E-state index in [0.29, 0.717) is 29.9 Å². The van der Waals surface area contributed by atoms with E-state index in [0.717, 1.165) is 23.2 Å². The average Bonchev–Trinajstić information content (AvgIpc) is 3.28. The third-order valence-corrected chi connectivity index (χ3v) is 5.22. The van der Waals surface area contributed by atoms with Gasteiger partial charge < -0.3 is 19.9 Å². The summed E-state index contributed by atoms with van der Waals surface area (Å²) in [6.07, 6.45) is 4.89. The third kappa shape index (κ3) is 5.13. The fourth-order valence-corrected chi connectivity index (χ4v) is 3.44. The molecule has 1 aromatic carbocycles. The van der Waals surface area contributed by atoms with Crippen molar-refractivity contribution < 1.29 is 4.74 Å². The Hall–Kier alpha value is -2.28. The van der Waals surface area contributed by atoms with Gasteiger partial charge in [0.25, 0.3) is 0 Å². The fourth-order valence-electron chi connectivity index (χ4n) is 3.16. The van der Waals surface area contributed by atoms with Crippen molar-refractivity contribution in [2.75, 3.05) is 7.11 Å². The lowest BCUT2D eigenvalue weighted by Crippen LogP contribution is -2.42. The maximum Gasteiger partial charge on any atom is 0.192 e. The van der Waals surface area contributed by atoms with E-state index in [4.69, 9.17) is 21.3 Å². The van der Waals surface area contributed by atoms with Crippen LogP contribution in [-0.4, -0.2) is 33.9 Å². The molecule has 27 heavy (non-hydrogen) atoms. The first-order valence-corrected chi connectivity index (χ1v) is 9.66. The van der Waals surface area contributed by atoms with Crippen molar-refractivity contribution in [1.29, 1.82) is 0 Å². The Morgan fingerprint density at radius 2 is 2.11 bits per heavy atom. The van der Waals surface area contributed by atoms with Gasteiger partial charge in [-0.25, -0.2) is 4.99 Å². The zero-order valence-corrected chi connectivity index (χ0v) is 16.9. The molecule has 146 valence electrons. The lowest BCUT2D eigenvalue weighted by Gasteiger charge is -2.17. The molecule has 1 aromatic heterocycles. The van der Waals surface area contributed by atoms with Crippen LogP contribution >= 0.6 is 11.6 Å². The van der Waals surface area contributed by atoms with Crippen LogP contribution in [0.15, 0.2) is 23.2 Å². The van der Waals surface area contributed by atoms with Crippen molar-refractivity contribution in [3.63, 3.8) is 0 Å². The second kappa shape index (κ2) is 9.08. The van der Waals surface area contributed by atoms with E-state index in [1.807, 2.05) is 36.7 Å². The highest BCUT2D eigenvalue weighted by Gasteiger charge is 2.16. The van der Waals surface area contributed by atoms with E-state index in [-0.39, 0.29) is 0 Å². The van der Waals surface area contributed by atoms with E-state index in [2.05, 4.69) is 20.8 Å². The minimum absolute atomic E-state index is 0.469. The molecule has 2 aromatic rings. The molecule has 1 aliphatic rings. The summed E-state index contributed by atoms with van der Waals surface area (Å²) in [7, 11) is 3.58. The number of nitrogens with one attached hydrogen (secondary N) is 2. The number of aryl methyl sites for hydroxylation is 1. The van der Waals surface area contributed by atoms with Crippen molar-refractivity contribution in [3.05, 3.63) is 40.4 Å². The summed E-state index contributed by atoms with van der Waals surface area (Å²) in [6.45, 7) is 3.04. The molecule has 2 N–H and O–H groups in total. The highest BCUT2D eigenvalue weighted by Crippen LogP contribution is 2.25. The number of nitrogens with zero attached hydrogens (tertiary/aromatic N) is 4. The van der Waals surface area contributed by atoms with Gasteiger partial charge in [0.2, 0.25) is 0 Å². The van der Waals surface area contributed by atoms with Gasteiger partial charge in [0.1, 0.15) is 11.6 Å². The Morgan fingerprint density at radius 1 is 1.33 bits per heavy atom. The number of aromatic nitrogens is 3. The van der Waals surface area contributed by atoms with Crippen LogP contribution < -0.4 is 15.4 Å². The van der Waals surface area contributed by atoms with Gasteiger partial charge in [0.05, 0.1) is 25.2 Å². The van der Waals surface area contributed by atoms with Crippen LogP contribution in [0.4, 0.5) is 0 Å². The zero-order valence-electron chi connectivity index (χ0n) is 16.1. The monoisotopic (exact) mass is 390 g/mol. The molecule has 0 unspecified atom stereocenters. The molecular weight excluding hydrogens is 364 g/mol. The molecule has 0 radical (unpaired) electrons. The predicted octanol–water partition coefficient (Wildman–Crippen LogP) is 2.96. The second-order valence-electron chi connectivity index (χ2n) is 6.84. The van der Waals surface area contributed by atoms with E-state index < -0.39 is 0 Å². The molecular formula is C19H27ClN6O. The molecule has 0 amide bonds. The summed E-state index contributed by atoms with van der Waals surface area (Å²) in [4.78, 5) is 4.74. The summed E-state index contributed by atoms with van der Waals surface area (Å²) in [5.74, 6) is 3.22. The number of benzene rings is 1. The number of rotatable bonds is 6. The van der Waals surface area contributed by atoms with Gasteiger partial charge in [-0.05, 0) is 37.5 Å². The quantitative estimate of drug-likeness (QED) is 0.585. The number of hydrogen-bond acceptors (Lipinski definition) is 4. The van der Waals surface area contributed by atoms with Gasteiger partial charge in [-0.15, -0.1) is 10.2 Å². The second-order valence-corrected chi connectivity index (χ2v) is 7.24. The maximum absolute atomic E-state index is 6.22. The third-order valence-electron chi connectivity index (χ3n) is 4.93. The van der Waals surface area contributed by atoms with Crippen LogP contribution in [0.1, 0.15) is 42.9 Å². The molecule has 0 saturated heterocycles. The Balaban J connectivity index is 1.69. The minimum atomic E-state index is 0.469. The van der Waals surface area contributed by atoms with Gasteiger partial charge in [-0.3, -0.25) is 0 Å². The Bertz CT molecular complexity index is 797. The maximum atomic E-state index is 6.22. The summed E-state index contributed by atoms with van der Waals surface area (Å²) in [5, 5.41) is 15.8. The standard InChI is InChI=1S/C19H27ClN6O/c1-13-24-25-18(26(13)2)12-22-19(23-15-6-4-5-7-15)21-11-14-8-9-17(27-3)16(20)10-14/h8-10,15H,4-7,11-12H2,1-3H3,(H2,21,22,23). The van der Waals surface area contributed by atoms with E-state index in [1.54, 1.807) is 7.11 Å². The van der Waals surface area contributed by atoms with Crippen molar-refractivity contribution in [1.82, 2.24) is 25.4 Å². The highest BCUT2D eigenvalue weighted by atomic mass is 35.5. The number of ether oxygens (including phenoxy) is 1. The van der Waals surface area contributed by atoms with Crippen LogP contribution in [0.2, 0.25) is 5.02 Å². The van der Waals surface area contributed by atoms with Crippen LogP contribution in [0.25, 0.3) is 0 Å². The molecule has 0 aliphatic heterocycles. The van der Waals surface area contributed by atoms with Gasteiger partial charge in [0.15, 0.2) is 11.8 Å². The number of hydrogen-bond donors (Lipinski definition) is 2. The first-order valence-electron chi connectivity index (χ1n) is 9.29. The molecule has 1 fully saturated rings. The summed E-state index contributed by atoms with van der Waals surface area (Å²) in [6, 6.07) is 6.21. The molecule has 0 spiro atoms. The van der Waals surface area contributed by atoms with Crippen LogP contribution in [-0.2, 0) is 20.1 Å². The number of halogens is 1. The number of methoxy groups -OCH3 is 1. The van der Waals surface area contributed by atoms with Gasteiger partial charge in [-0.1, -0.05) is 30.5 Å². The largest absolute Gasteiger partial charge is 0.495 e. The normalized spacial score (nSPS) is 15.2. The number of aliphatic imine (C=N–C) groups is 1. The smallest absolute Gasteiger partial charge is 0.192 e. The first-order chi connectivity index (χ1) is 13.1. The van der Waals surface area contributed by atoms with Gasteiger partial charge >= 0.3 is 0 Å². The summed E-state index contributed by atoms with van der Waals surface area (Å²) >= 11 is 6.22. The Labute approximate surface area is 165 Å². The molecule has 0 atom stereocenters.